The lowest BCUT2D eigenvalue weighted by atomic mass is 10.0. The molecule has 1 aliphatic rings. The Bertz CT molecular complexity index is 246. The van der Waals surface area contributed by atoms with Crippen LogP contribution in [0.5, 0.6) is 0 Å². The minimum absolute atomic E-state index is 0. The van der Waals surface area contributed by atoms with E-state index in [-0.39, 0.29) is 17.7 Å². The maximum atomic E-state index is 11.6. The third kappa shape index (κ3) is 4.15. The average molecular weight is 242 g/mol. The minimum Gasteiger partial charge on any atom is -0.317 e. The standard InChI is InChI=1S/C9H19NO2S.ClH/c1-8(2)13(11,12)7-9-3-5-10-6-4-9;/h8-10H,3-7H2,1-2H3;1H. The molecule has 86 valence electrons. The monoisotopic (exact) mass is 241 g/mol. The summed E-state index contributed by atoms with van der Waals surface area (Å²) in [6.07, 6.45) is 2.01. The molecule has 0 amide bonds. The van der Waals surface area contributed by atoms with Crippen molar-refractivity contribution in [3.05, 3.63) is 0 Å². The summed E-state index contributed by atoms with van der Waals surface area (Å²) >= 11 is 0. The molecule has 0 aromatic carbocycles. The summed E-state index contributed by atoms with van der Waals surface area (Å²) in [4.78, 5) is 0. The van der Waals surface area contributed by atoms with E-state index in [2.05, 4.69) is 5.32 Å². The Morgan fingerprint density at radius 3 is 2.21 bits per heavy atom. The van der Waals surface area contributed by atoms with Gasteiger partial charge in [-0.1, -0.05) is 0 Å². The molecule has 0 saturated carbocycles. The van der Waals surface area contributed by atoms with Crippen LogP contribution in [-0.4, -0.2) is 32.5 Å². The summed E-state index contributed by atoms with van der Waals surface area (Å²) in [6, 6.07) is 0. The molecule has 0 aliphatic carbocycles. The second-order valence-electron chi connectivity index (χ2n) is 4.07. The van der Waals surface area contributed by atoms with Crippen LogP contribution in [0, 0.1) is 5.92 Å². The van der Waals surface area contributed by atoms with Crippen LogP contribution in [-0.2, 0) is 9.84 Å². The number of halogens is 1. The van der Waals surface area contributed by atoms with Gasteiger partial charge in [-0.05, 0) is 45.7 Å². The first-order valence-corrected chi connectivity index (χ1v) is 6.66. The second kappa shape index (κ2) is 5.93. The molecule has 1 rings (SSSR count). The van der Waals surface area contributed by atoms with Crippen molar-refractivity contribution in [2.45, 2.75) is 31.9 Å². The van der Waals surface area contributed by atoms with Gasteiger partial charge in [0.25, 0.3) is 0 Å². The fourth-order valence-electron chi connectivity index (χ4n) is 1.57. The van der Waals surface area contributed by atoms with Gasteiger partial charge in [0.2, 0.25) is 0 Å². The minimum atomic E-state index is -2.83. The van der Waals surface area contributed by atoms with Gasteiger partial charge in [-0.15, -0.1) is 12.4 Å². The van der Waals surface area contributed by atoms with E-state index >= 15 is 0 Å². The number of piperidine rings is 1. The number of sulfone groups is 1. The van der Waals surface area contributed by atoms with Gasteiger partial charge in [-0.3, -0.25) is 0 Å². The van der Waals surface area contributed by atoms with Crippen LogP contribution in [0.4, 0.5) is 0 Å². The molecule has 0 aromatic heterocycles. The fourth-order valence-corrected chi connectivity index (χ4v) is 2.94. The van der Waals surface area contributed by atoms with Gasteiger partial charge in [-0.25, -0.2) is 8.42 Å². The number of nitrogens with one attached hydrogen (secondary N) is 1. The van der Waals surface area contributed by atoms with Gasteiger partial charge in [0.1, 0.15) is 0 Å². The molecule has 0 radical (unpaired) electrons. The van der Waals surface area contributed by atoms with E-state index in [4.69, 9.17) is 0 Å². The van der Waals surface area contributed by atoms with Crippen molar-refractivity contribution >= 4 is 22.2 Å². The first kappa shape index (κ1) is 14.2. The van der Waals surface area contributed by atoms with Crippen LogP contribution < -0.4 is 5.32 Å². The van der Waals surface area contributed by atoms with E-state index in [1.54, 1.807) is 13.8 Å². The van der Waals surface area contributed by atoms with Gasteiger partial charge >= 0.3 is 0 Å². The quantitative estimate of drug-likeness (QED) is 0.809. The summed E-state index contributed by atoms with van der Waals surface area (Å²) in [5.41, 5.74) is 0. The first-order chi connectivity index (χ1) is 6.02. The highest BCUT2D eigenvalue weighted by Gasteiger charge is 2.23. The van der Waals surface area contributed by atoms with E-state index in [0.29, 0.717) is 11.7 Å². The highest BCUT2D eigenvalue weighted by atomic mass is 35.5. The zero-order chi connectivity index (χ0) is 9.90. The average Bonchev–Trinajstić information content (AvgIpc) is 2.05. The van der Waals surface area contributed by atoms with E-state index in [0.717, 1.165) is 25.9 Å². The Balaban J connectivity index is 0.00000169. The van der Waals surface area contributed by atoms with E-state index < -0.39 is 9.84 Å². The summed E-state index contributed by atoms with van der Waals surface area (Å²) in [5.74, 6) is 0.764. The normalized spacial score (nSPS) is 19.4. The van der Waals surface area contributed by atoms with Gasteiger partial charge in [-0.2, -0.15) is 0 Å². The van der Waals surface area contributed by atoms with E-state index in [1.165, 1.54) is 0 Å². The smallest absolute Gasteiger partial charge is 0.152 e. The van der Waals surface area contributed by atoms with Crippen molar-refractivity contribution in [1.29, 1.82) is 0 Å². The summed E-state index contributed by atoms with van der Waals surface area (Å²) < 4.78 is 23.2. The van der Waals surface area contributed by atoms with Crippen LogP contribution in [0.25, 0.3) is 0 Å². The van der Waals surface area contributed by atoms with Gasteiger partial charge in [0.05, 0.1) is 11.0 Å². The SMILES string of the molecule is CC(C)S(=O)(=O)CC1CCNCC1.Cl. The predicted octanol–water partition coefficient (Wildman–Crippen LogP) is 1.23. The number of hydrogen-bond donors (Lipinski definition) is 1. The molecule has 5 heteroatoms. The number of hydrogen-bond acceptors (Lipinski definition) is 3. The van der Waals surface area contributed by atoms with Crippen LogP contribution in [0.3, 0.4) is 0 Å². The lowest BCUT2D eigenvalue weighted by molar-refractivity contribution is 0.400. The Morgan fingerprint density at radius 1 is 1.29 bits per heavy atom. The van der Waals surface area contributed by atoms with Gasteiger partial charge in [0.15, 0.2) is 9.84 Å². The lowest BCUT2D eigenvalue weighted by Gasteiger charge is -2.23. The largest absolute Gasteiger partial charge is 0.317 e. The molecule has 14 heavy (non-hydrogen) atoms. The Labute approximate surface area is 93.0 Å². The molecule has 1 N–H and O–H groups in total. The predicted molar refractivity (Wildman–Crippen MR) is 61.8 cm³/mol. The molecule has 3 nitrogen and oxygen atoms in total. The van der Waals surface area contributed by atoms with Crippen molar-refractivity contribution in [3.63, 3.8) is 0 Å². The molecule has 1 aliphatic heterocycles. The van der Waals surface area contributed by atoms with Crippen molar-refractivity contribution in [2.75, 3.05) is 18.8 Å². The van der Waals surface area contributed by atoms with Gasteiger partial charge < -0.3 is 5.32 Å². The third-order valence-electron chi connectivity index (χ3n) is 2.64. The van der Waals surface area contributed by atoms with E-state index in [1.807, 2.05) is 0 Å². The van der Waals surface area contributed by atoms with Crippen LogP contribution in [0.2, 0.25) is 0 Å². The van der Waals surface area contributed by atoms with E-state index in [9.17, 15) is 8.42 Å². The molecule has 0 bridgehead atoms. The zero-order valence-corrected chi connectivity index (χ0v) is 10.5. The summed E-state index contributed by atoms with van der Waals surface area (Å²) in [7, 11) is -2.83. The van der Waals surface area contributed by atoms with Crippen molar-refractivity contribution < 1.29 is 8.42 Å². The molecule has 0 aromatic rings. The van der Waals surface area contributed by atoms with Crippen molar-refractivity contribution in [1.82, 2.24) is 5.32 Å². The molecule has 1 saturated heterocycles. The van der Waals surface area contributed by atoms with Crippen molar-refractivity contribution in [3.8, 4) is 0 Å². The molecular formula is C9H20ClNO2S. The second-order valence-corrected chi connectivity index (χ2v) is 6.67. The molecule has 0 atom stereocenters. The highest BCUT2D eigenvalue weighted by molar-refractivity contribution is 7.91. The molecule has 0 spiro atoms. The van der Waals surface area contributed by atoms with Crippen LogP contribution in [0.1, 0.15) is 26.7 Å². The van der Waals surface area contributed by atoms with Crippen LogP contribution >= 0.6 is 12.4 Å². The lowest BCUT2D eigenvalue weighted by Crippen LogP contribution is -2.33. The maximum absolute atomic E-state index is 11.6. The summed E-state index contributed by atoms with van der Waals surface area (Å²) in [5, 5.41) is 3.01. The third-order valence-corrected chi connectivity index (χ3v) is 5.02. The molecule has 1 fully saturated rings. The Hall–Kier alpha value is 0.200. The Morgan fingerprint density at radius 2 is 1.79 bits per heavy atom. The number of rotatable bonds is 3. The van der Waals surface area contributed by atoms with Crippen molar-refractivity contribution in [2.24, 2.45) is 5.92 Å². The van der Waals surface area contributed by atoms with Crippen LogP contribution in [0.15, 0.2) is 0 Å². The maximum Gasteiger partial charge on any atom is 0.152 e. The summed E-state index contributed by atoms with van der Waals surface area (Å²) in [6.45, 7) is 5.46. The topological polar surface area (TPSA) is 46.2 Å². The fraction of sp³-hybridized carbons (Fsp3) is 1.00. The molecule has 0 unspecified atom stereocenters. The molecule has 1 heterocycles. The van der Waals surface area contributed by atoms with Gasteiger partial charge in [0, 0.05) is 0 Å². The Kier molecular flexibility index (Phi) is 6.02. The zero-order valence-electron chi connectivity index (χ0n) is 8.82. The highest BCUT2D eigenvalue weighted by Crippen LogP contribution is 2.16. The molecular weight excluding hydrogens is 222 g/mol. The first-order valence-electron chi connectivity index (χ1n) is 4.94.